The van der Waals surface area contributed by atoms with Crippen molar-refractivity contribution in [1.29, 1.82) is 0 Å². The highest BCUT2D eigenvalue weighted by Gasteiger charge is 2.23. The van der Waals surface area contributed by atoms with Gasteiger partial charge in [-0.2, -0.15) is 0 Å². The van der Waals surface area contributed by atoms with Gasteiger partial charge < -0.3 is 20.4 Å². The summed E-state index contributed by atoms with van der Waals surface area (Å²) in [6.07, 6.45) is 1.28. The molecule has 0 radical (unpaired) electrons. The van der Waals surface area contributed by atoms with Crippen molar-refractivity contribution in [1.82, 2.24) is 0 Å². The molecule has 0 saturated heterocycles. The normalized spacial score (nSPS) is 10.5. The van der Waals surface area contributed by atoms with Crippen molar-refractivity contribution in [3.8, 4) is 0 Å². The van der Waals surface area contributed by atoms with E-state index in [4.69, 9.17) is 20.4 Å². The summed E-state index contributed by atoms with van der Waals surface area (Å²) in [6.45, 7) is 0. The molecular formula is C10H7NO5. The van der Waals surface area contributed by atoms with Gasteiger partial charge in [0, 0.05) is 11.5 Å². The fourth-order valence-electron chi connectivity index (χ4n) is 1.58. The monoisotopic (exact) mass is 221 g/mol. The van der Waals surface area contributed by atoms with E-state index in [2.05, 4.69) is 0 Å². The quantitative estimate of drug-likeness (QED) is 0.660. The fraction of sp³-hybridized carbons (Fsp3) is 0. The number of furan rings is 1. The number of carbonyl (C=O) groups is 2. The van der Waals surface area contributed by atoms with Crippen molar-refractivity contribution in [2.45, 2.75) is 0 Å². The van der Waals surface area contributed by atoms with E-state index in [-0.39, 0.29) is 22.2 Å². The summed E-state index contributed by atoms with van der Waals surface area (Å²) < 4.78 is 4.99. The Kier molecular flexibility index (Phi) is 2.05. The maximum atomic E-state index is 11.0. The van der Waals surface area contributed by atoms with Crippen molar-refractivity contribution in [2.24, 2.45) is 0 Å². The average Bonchev–Trinajstić information content (AvgIpc) is 2.61. The molecule has 1 heterocycles. The van der Waals surface area contributed by atoms with Crippen LogP contribution in [0.3, 0.4) is 0 Å². The van der Waals surface area contributed by atoms with Crippen LogP contribution in [0, 0.1) is 0 Å². The minimum absolute atomic E-state index is 0.132. The third-order valence-electron chi connectivity index (χ3n) is 2.22. The van der Waals surface area contributed by atoms with Gasteiger partial charge in [0.15, 0.2) is 0 Å². The lowest BCUT2D eigenvalue weighted by molar-refractivity contribution is 0.0654. The molecule has 0 unspecified atom stereocenters. The van der Waals surface area contributed by atoms with Gasteiger partial charge >= 0.3 is 11.9 Å². The molecule has 0 atom stereocenters. The Morgan fingerprint density at radius 1 is 1.19 bits per heavy atom. The molecule has 82 valence electrons. The SMILES string of the molecule is Nc1cc2occc2c(C(=O)O)c1C(=O)O. The van der Waals surface area contributed by atoms with Gasteiger partial charge in [0.25, 0.3) is 0 Å². The molecule has 6 heteroatoms. The molecule has 6 nitrogen and oxygen atoms in total. The lowest BCUT2D eigenvalue weighted by Gasteiger charge is -2.05. The van der Waals surface area contributed by atoms with Crippen LogP contribution in [-0.2, 0) is 0 Å². The van der Waals surface area contributed by atoms with Gasteiger partial charge in [0.2, 0.25) is 0 Å². The van der Waals surface area contributed by atoms with Gasteiger partial charge in [-0.05, 0) is 6.07 Å². The Labute approximate surface area is 88.9 Å². The summed E-state index contributed by atoms with van der Waals surface area (Å²) in [7, 11) is 0. The molecule has 0 aliphatic heterocycles. The van der Waals surface area contributed by atoms with Crippen LogP contribution in [0.4, 0.5) is 5.69 Å². The second kappa shape index (κ2) is 3.27. The highest BCUT2D eigenvalue weighted by atomic mass is 16.4. The van der Waals surface area contributed by atoms with Gasteiger partial charge in [0.05, 0.1) is 23.1 Å². The molecule has 2 aromatic rings. The van der Waals surface area contributed by atoms with Crippen molar-refractivity contribution < 1.29 is 24.2 Å². The van der Waals surface area contributed by atoms with Crippen LogP contribution in [0.5, 0.6) is 0 Å². The van der Waals surface area contributed by atoms with E-state index >= 15 is 0 Å². The molecule has 16 heavy (non-hydrogen) atoms. The van der Waals surface area contributed by atoms with Crippen molar-refractivity contribution >= 4 is 28.6 Å². The predicted octanol–water partition coefficient (Wildman–Crippen LogP) is 1.41. The van der Waals surface area contributed by atoms with Crippen LogP contribution >= 0.6 is 0 Å². The number of fused-ring (bicyclic) bond motifs is 1. The third kappa shape index (κ3) is 1.28. The highest BCUT2D eigenvalue weighted by Crippen LogP contribution is 2.28. The standard InChI is InChI=1S/C10H7NO5/c11-5-3-6-4(1-2-16-6)7(9(12)13)8(5)10(14)15/h1-3H,11H2,(H,12,13)(H,14,15). The van der Waals surface area contributed by atoms with Crippen LogP contribution in [0.15, 0.2) is 22.8 Å². The molecule has 1 aromatic carbocycles. The van der Waals surface area contributed by atoms with Gasteiger partial charge in [-0.1, -0.05) is 0 Å². The maximum absolute atomic E-state index is 11.0. The Morgan fingerprint density at radius 2 is 1.81 bits per heavy atom. The number of benzene rings is 1. The van der Waals surface area contributed by atoms with E-state index in [9.17, 15) is 9.59 Å². The zero-order chi connectivity index (χ0) is 11.9. The number of nitrogens with two attached hydrogens (primary N) is 1. The van der Waals surface area contributed by atoms with Crippen LogP contribution in [0.2, 0.25) is 0 Å². The number of carboxylic acid groups (broad SMARTS) is 2. The summed E-state index contributed by atoms with van der Waals surface area (Å²) in [5, 5.41) is 18.1. The van der Waals surface area contributed by atoms with E-state index in [0.717, 1.165) is 0 Å². The Morgan fingerprint density at radius 3 is 2.38 bits per heavy atom. The zero-order valence-corrected chi connectivity index (χ0v) is 7.93. The molecule has 2 rings (SSSR count). The van der Waals surface area contributed by atoms with Crippen molar-refractivity contribution in [3.05, 3.63) is 29.5 Å². The smallest absolute Gasteiger partial charge is 0.338 e. The maximum Gasteiger partial charge on any atom is 0.338 e. The first-order valence-corrected chi connectivity index (χ1v) is 4.28. The number of nitrogen functional groups attached to an aromatic ring is 1. The Balaban J connectivity index is 2.96. The molecule has 0 amide bonds. The number of hydrogen-bond acceptors (Lipinski definition) is 4. The number of aromatic carboxylic acids is 2. The molecule has 4 N–H and O–H groups in total. The summed E-state index contributed by atoms with van der Waals surface area (Å²) in [6, 6.07) is 2.69. The van der Waals surface area contributed by atoms with Crippen LogP contribution in [0.1, 0.15) is 20.7 Å². The molecule has 0 fully saturated rings. The molecule has 0 spiro atoms. The molecule has 0 aliphatic rings. The van der Waals surface area contributed by atoms with Crippen LogP contribution in [-0.4, -0.2) is 22.2 Å². The van der Waals surface area contributed by atoms with E-state index in [0.29, 0.717) is 0 Å². The second-order valence-electron chi connectivity index (χ2n) is 3.16. The van der Waals surface area contributed by atoms with Crippen molar-refractivity contribution in [3.63, 3.8) is 0 Å². The lowest BCUT2D eigenvalue weighted by atomic mass is 10.0. The molecule has 0 aliphatic carbocycles. The highest BCUT2D eigenvalue weighted by molar-refractivity contribution is 6.14. The van der Waals surface area contributed by atoms with Gasteiger partial charge in [-0.3, -0.25) is 0 Å². The molecular weight excluding hydrogens is 214 g/mol. The number of carboxylic acids is 2. The number of hydrogen-bond donors (Lipinski definition) is 3. The number of anilines is 1. The largest absolute Gasteiger partial charge is 0.478 e. The van der Waals surface area contributed by atoms with Gasteiger partial charge in [-0.15, -0.1) is 0 Å². The molecule has 1 aromatic heterocycles. The topological polar surface area (TPSA) is 114 Å². The van der Waals surface area contributed by atoms with Crippen molar-refractivity contribution in [2.75, 3.05) is 5.73 Å². The van der Waals surface area contributed by atoms with E-state index in [1.165, 1.54) is 18.4 Å². The van der Waals surface area contributed by atoms with Gasteiger partial charge in [-0.25, -0.2) is 9.59 Å². The third-order valence-corrected chi connectivity index (χ3v) is 2.22. The first-order valence-electron chi connectivity index (χ1n) is 4.28. The summed E-state index contributed by atoms with van der Waals surface area (Å²) >= 11 is 0. The minimum Gasteiger partial charge on any atom is -0.478 e. The van der Waals surface area contributed by atoms with Gasteiger partial charge in [0.1, 0.15) is 5.58 Å². The summed E-state index contributed by atoms with van der Waals surface area (Å²) in [4.78, 5) is 22.0. The Bertz CT molecular complexity index is 599. The lowest BCUT2D eigenvalue weighted by Crippen LogP contribution is -2.11. The van der Waals surface area contributed by atoms with E-state index in [1.807, 2.05) is 0 Å². The first kappa shape index (κ1) is 10.0. The minimum atomic E-state index is -1.38. The fourth-order valence-corrected chi connectivity index (χ4v) is 1.58. The molecule has 0 saturated carbocycles. The van der Waals surface area contributed by atoms with E-state index in [1.54, 1.807) is 0 Å². The van der Waals surface area contributed by atoms with Crippen LogP contribution in [0.25, 0.3) is 11.0 Å². The average molecular weight is 221 g/mol. The van der Waals surface area contributed by atoms with Crippen LogP contribution < -0.4 is 5.73 Å². The van der Waals surface area contributed by atoms with E-state index < -0.39 is 17.5 Å². The zero-order valence-electron chi connectivity index (χ0n) is 7.93. The molecule has 0 bridgehead atoms. The summed E-state index contributed by atoms with van der Waals surface area (Å²) in [5.74, 6) is -2.73. The number of rotatable bonds is 2. The predicted molar refractivity (Wildman–Crippen MR) is 54.5 cm³/mol. The summed E-state index contributed by atoms with van der Waals surface area (Å²) in [5.41, 5.74) is 4.83. The first-order chi connectivity index (χ1) is 7.52. The second-order valence-corrected chi connectivity index (χ2v) is 3.16. The Hall–Kier alpha value is -2.50.